The van der Waals surface area contributed by atoms with Crippen LogP contribution in [-0.2, 0) is 0 Å². The van der Waals surface area contributed by atoms with E-state index in [0.29, 0.717) is 5.56 Å². The number of rotatable bonds is 4. The fourth-order valence-electron chi connectivity index (χ4n) is 3.94. The van der Waals surface area contributed by atoms with Crippen molar-refractivity contribution in [3.8, 4) is 22.4 Å². The first-order chi connectivity index (χ1) is 15.7. The fourth-order valence-corrected chi connectivity index (χ4v) is 3.94. The number of hydrogen-bond acceptors (Lipinski definition) is 2. The minimum absolute atomic E-state index is 0.149. The minimum Gasteiger partial charge on any atom is -0.321 e. The lowest BCUT2D eigenvalue weighted by Crippen LogP contribution is -2.14. The SMILES string of the molecule is Cc1ccc2nc(-c3ccccc3)cc(C(=O)Nc3ccccc3-c3ccccc3)c2c1. The zero-order chi connectivity index (χ0) is 21.9. The van der Waals surface area contributed by atoms with Gasteiger partial charge in [-0.25, -0.2) is 4.98 Å². The Morgan fingerprint density at radius 1 is 0.719 bits per heavy atom. The normalized spacial score (nSPS) is 10.8. The van der Waals surface area contributed by atoms with Gasteiger partial charge in [0, 0.05) is 22.2 Å². The zero-order valence-corrected chi connectivity index (χ0v) is 17.7. The van der Waals surface area contributed by atoms with E-state index in [-0.39, 0.29) is 5.91 Å². The molecule has 32 heavy (non-hydrogen) atoms. The molecule has 0 spiro atoms. The Morgan fingerprint density at radius 2 is 1.38 bits per heavy atom. The molecule has 1 aromatic heterocycles. The molecule has 0 saturated carbocycles. The van der Waals surface area contributed by atoms with Crippen molar-refractivity contribution in [1.82, 2.24) is 4.98 Å². The predicted octanol–water partition coefficient (Wildman–Crippen LogP) is 7.13. The van der Waals surface area contributed by atoms with Crippen molar-refractivity contribution < 1.29 is 4.79 Å². The molecule has 5 aromatic rings. The van der Waals surface area contributed by atoms with Crippen LogP contribution < -0.4 is 5.32 Å². The molecule has 0 aliphatic carbocycles. The monoisotopic (exact) mass is 414 g/mol. The second-order valence-corrected chi connectivity index (χ2v) is 7.81. The standard InChI is InChI=1S/C29H22N2O/c1-20-16-17-27-24(18-20)25(19-28(30-27)22-12-6-3-7-13-22)29(32)31-26-15-9-8-14-23(26)21-10-4-2-5-11-21/h2-19H,1H3,(H,31,32). The molecule has 3 heteroatoms. The number of carbonyl (C=O) groups excluding carboxylic acids is 1. The number of para-hydroxylation sites is 1. The minimum atomic E-state index is -0.149. The number of aryl methyl sites for hydroxylation is 1. The average Bonchev–Trinajstić information content (AvgIpc) is 2.85. The van der Waals surface area contributed by atoms with Crippen LogP contribution >= 0.6 is 0 Å². The highest BCUT2D eigenvalue weighted by atomic mass is 16.1. The lowest BCUT2D eigenvalue weighted by molar-refractivity contribution is 0.102. The molecule has 1 N–H and O–H groups in total. The zero-order valence-electron chi connectivity index (χ0n) is 17.7. The van der Waals surface area contributed by atoms with Gasteiger partial charge in [0.1, 0.15) is 0 Å². The van der Waals surface area contributed by atoms with Crippen molar-refractivity contribution in [2.75, 3.05) is 5.32 Å². The number of benzene rings is 4. The van der Waals surface area contributed by atoms with E-state index in [4.69, 9.17) is 4.98 Å². The highest BCUT2D eigenvalue weighted by Crippen LogP contribution is 2.30. The molecule has 4 aromatic carbocycles. The molecule has 0 fully saturated rings. The molecule has 0 aliphatic rings. The van der Waals surface area contributed by atoms with E-state index in [9.17, 15) is 4.79 Å². The van der Waals surface area contributed by atoms with Gasteiger partial charge in [0.2, 0.25) is 0 Å². The van der Waals surface area contributed by atoms with E-state index in [2.05, 4.69) is 5.32 Å². The first-order valence-corrected chi connectivity index (χ1v) is 10.6. The molecule has 0 saturated heterocycles. The van der Waals surface area contributed by atoms with Crippen LogP contribution in [0.15, 0.2) is 109 Å². The van der Waals surface area contributed by atoms with E-state index in [1.54, 1.807) is 0 Å². The van der Waals surface area contributed by atoms with Gasteiger partial charge in [-0.2, -0.15) is 0 Å². The van der Waals surface area contributed by atoms with Crippen LogP contribution in [0.2, 0.25) is 0 Å². The summed E-state index contributed by atoms with van der Waals surface area (Å²) in [5.41, 5.74) is 7.09. The molecule has 1 heterocycles. The molecule has 0 radical (unpaired) electrons. The summed E-state index contributed by atoms with van der Waals surface area (Å²) in [5.74, 6) is -0.149. The second-order valence-electron chi connectivity index (χ2n) is 7.81. The number of hydrogen-bond donors (Lipinski definition) is 1. The van der Waals surface area contributed by atoms with Gasteiger partial charge in [-0.15, -0.1) is 0 Å². The molecular formula is C29H22N2O. The fraction of sp³-hybridized carbons (Fsp3) is 0.0345. The van der Waals surface area contributed by atoms with Gasteiger partial charge in [0.25, 0.3) is 5.91 Å². The Hall–Kier alpha value is -4.24. The maximum atomic E-state index is 13.6. The highest BCUT2D eigenvalue weighted by molar-refractivity contribution is 6.14. The van der Waals surface area contributed by atoms with E-state index in [1.807, 2.05) is 116 Å². The summed E-state index contributed by atoms with van der Waals surface area (Å²) in [5, 5.41) is 4.00. The number of aromatic nitrogens is 1. The average molecular weight is 415 g/mol. The second kappa shape index (κ2) is 8.48. The summed E-state index contributed by atoms with van der Waals surface area (Å²) < 4.78 is 0. The van der Waals surface area contributed by atoms with Crippen molar-refractivity contribution >= 4 is 22.5 Å². The molecule has 3 nitrogen and oxygen atoms in total. The van der Waals surface area contributed by atoms with Gasteiger partial charge in [-0.05, 0) is 36.8 Å². The Balaban J connectivity index is 1.61. The maximum absolute atomic E-state index is 13.6. The summed E-state index contributed by atoms with van der Waals surface area (Å²) in [4.78, 5) is 18.4. The van der Waals surface area contributed by atoms with Crippen molar-refractivity contribution in [3.05, 3.63) is 120 Å². The Labute approximate surface area is 187 Å². The van der Waals surface area contributed by atoms with Crippen molar-refractivity contribution in [2.45, 2.75) is 6.92 Å². The van der Waals surface area contributed by atoms with Crippen molar-refractivity contribution in [1.29, 1.82) is 0 Å². The number of nitrogens with zero attached hydrogens (tertiary/aromatic N) is 1. The van der Waals surface area contributed by atoms with Crippen LogP contribution in [0.5, 0.6) is 0 Å². The first kappa shape index (κ1) is 19.7. The number of pyridine rings is 1. The maximum Gasteiger partial charge on any atom is 0.256 e. The first-order valence-electron chi connectivity index (χ1n) is 10.6. The Bertz CT molecular complexity index is 1410. The Morgan fingerprint density at radius 3 is 2.12 bits per heavy atom. The molecule has 0 bridgehead atoms. The number of fused-ring (bicyclic) bond motifs is 1. The molecule has 5 rings (SSSR count). The van der Waals surface area contributed by atoms with Crippen LogP contribution in [-0.4, -0.2) is 10.9 Å². The highest BCUT2D eigenvalue weighted by Gasteiger charge is 2.16. The number of nitrogens with one attached hydrogen (secondary N) is 1. The quantitative estimate of drug-likeness (QED) is 0.340. The van der Waals surface area contributed by atoms with Crippen LogP contribution in [0.25, 0.3) is 33.3 Å². The number of carbonyl (C=O) groups is 1. The predicted molar refractivity (Wildman–Crippen MR) is 132 cm³/mol. The molecule has 0 aliphatic heterocycles. The smallest absolute Gasteiger partial charge is 0.256 e. The van der Waals surface area contributed by atoms with Gasteiger partial charge in [-0.1, -0.05) is 90.5 Å². The number of amides is 1. The van der Waals surface area contributed by atoms with Crippen LogP contribution in [0.1, 0.15) is 15.9 Å². The summed E-state index contributed by atoms with van der Waals surface area (Å²) in [6.45, 7) is 2.02. The van der Waals surface area contributed by atoms with E-state index in [0.717, 1.165) is 44.5 Å². The molecular weight excluding hydrogens is 392 g/mol. The lowest BCUT2D eigenvalue weighted by atomic mass is 10.0. The summed E-state index contributed by atoms with van der Waals surface area (Å²) in [6, 6.07) is 35.8. The number of anilines is 1. The molecule has 0 atom stereocenters. The lowest BCUT2D eigenvalue weighted by Gasteiger charge is -2.14. The third-order valence-corrected chi connectivity index (χ3v) is 5.54. The third kappa shape index (κ3) is 3.88. The van der Waals surface area contributed by atoms with Gasteiger partial charge in [0.05, 0.1) is 16.8 Å². The Kier molecular flexibility index (Phi) is 5.22. The molecule has 1 amide bonds. The van der Waals surface area contributed by atoms with E-state index >= 15 is 0 Å². The van der Waals surface area contributed by atoms with Crippen LogP contribution in [0.4, 0.5) is 5.69 Å². The molecule has 0 unspecified atom stereocenters. The largest absolute Gasteiger partial charge is 0.321 e. The van der Waals surface area contributed by atoms with E-state index < -0.39 is 0 Å². The van der Waals surface area contributed by atoms with Crippen molar-refractivity contribution in [2.24, 2.45) is 0 Å². The van der Waals surface area contributed by atoms with Gasteiger partial charge in [-0.3, -0.25) is 4.79 Å². The summed E-state index contributed by atoms with van der Waals surface area (Å²) >= 11 is 0. The van der Waals surface area contributed by atoms with Crippen molar-refractivity contribution in [3.63, 3.8) is 0 Å². The van der Waals surface area contributed by atoms with Gasteiger partial charge >= 0.3 is 0 Å². The molecule has 154 valence electrons. The van der Waals surface area contributed by atoms with Crippen LogP contribution in [0.3, 0.4) is 0 Å². The summed E-state index contributed by atoms with van der Waals surface area (Å²) in [7, 11) is 0. The third-order valence-electron chi connectivity index (χ3n) is 5.54. The summed E-state index contributed by atoms with van der Waals surface area (Å²) in [6.07, 6.45) is 0. The topological polar surface area (TPSA) is 42.0 Å². The van der Waals surface area contributed by atoms with Gasteiger partial charge < -0.3 is 5.32 Å². The van der Waals surface area contributed by atoms with Crippen LogP contribution in [0, 0.1) is 6.92 Å². The van der Waals surface area contributed by atoms with E-state index in [1.165, 1.54) is 0 Å². The van der Waals surface area contributed by atoms with Gasteiger partial charge in [0.15, 0.2) is 0 Å².